The number of nitriles is 1. The van der Waals surface area contributed by atoms with E-state index in [1.165, 1.54) is 7.11 Å². The highest BCUT2D eigenvalue weighted by atomic mass is 32.2. The molecule has 0 aliphatic rings. The SMILES string of the molecule is COc1ccc(C#N)cc1CS(=O)C(C)CC(=O)O. The minimum atomic E-state index is -1.33. The summed E-state index contributed by atoms with van der Waals surface area (Å²) in [4.78, 5) is 10.6. The Balaban J connectivity index is 2.89. The van der Waals surface area contributed by atoms with Gasteiger partial charge in [-0.1, -0.05) is 6.92 Å². The maximum Gasteiger partial charge on any atom is 0.304 e. The fraction of sp³-hybridized carbons (Fsp3) is 0.385. The predicted molar refractivity (Wildman–Crippen MR) is 71.3 cm³/mol. The molecule has 0 heterocycles. The zero-order valence-corrected chi connectivity index (χ0v) is 11.6. The van der Waals surface area contributed by atoms with Gasteiger partial charge in [0.15, 0.2) is 0 Å². The number of methoxy groups -OCH3 is 1. The molecule has 0 saturated heterocycles. The minimum Gasteiger partial charge on any atom is -0.496 e. The highest BCUT2D eigenvalue weighted by Gasteiger charge is 2.17. The lowest BCUT2D eigenvalue weighted by Gasteiger charge is -2.12. The topological polar surface area (TPSA) is 87.4 Å². The number of benzene rings is 1. The number of carbonyl (C=O) groups is 1. The van der Waals surface area contributed by atoms with Crippen molar-refractivity contribution in [2.75, 3.05) is 7.11 Å². The second kappa shape index (κ2) is 6.90. The van der Waals surface area contributed by atoms with Gasteiger partial charge >= 0.3 is 5.97 Å². The summed E-state index contributed by atoms with van der Waals surface area (Å²) in [6, 6.07) is 6.88. The summed E-state index contributed by atoms with van der Waals surface area (Å²) in [6.07, 6.45) is -0.146. The summed E-state index contributed by atoms with van der Waals surface area (Å²) in [6.45, 7) is 1.63. The number of carboxylic acids is 1. The Morgan fingerprint density at radius 1 is 1.58 bits per heavy atom. The normalized spacial score (nSPS) is 13.3. The van der Waals surface area contributed by atoms with Crippen molar-refractivity contribution in [2.45, 2.75) is 24.3 Å². The fourth-order valence-corrected chi connectivity index (χ4v) is 2.74. The van der Waals surface area contributed by atoms with E-state index in [4.69, 9.17) is 15.1 Å². The van der Waals surface area contributed by atoms with Gasteiger partial charge in [-0.15, -0.1) is 0 Å². The standard InChI is InChI=1S/C13H15NO4S/c1-9(5-13(15)16)19(17)8-11-6-10(7-14)3-4-12(11)18-2/h3-4,6,9H,5,8H2,1-2H3,(H,15,16). The van der Waals surface area contributed by atoms with Gasteiger partial charge in [-0.05, 0) is 18.2 Å². The lowest BCUT2D eigenvalue weighted by Crippen LogP contribution is -2.17. The second-order valence-corrected chi connectivity index (χ2v) is 5.93. The molecule has 2 unspecified atom stereocenters. The van der Waals surface area contributed by atoms with Crippen molar-refractivity contribution in [1.29, 1.82) is 5.26 Å². The minimum absolute atomic E-state index is 0.146. The molecule has 1 aromatic carbocycles. The van der Waals surface area contributed by atoms with E-state index in [0.717, 1.165) is 0 Å². The molecule has 0 aliphatic heterocycles. The molecular weight excluding hydrogens is 266 g/mol. The molecule has 102 valence electrons. The third-order valence-electron chi connectivity index (χ3n) is 2.62. The van der Waals surface area contributed by atoms with Crippen LogP contribution in [0.4, 0.5) is 0 Å². The summed E-state index contributed by atoms with van der Waals surface area (Å²) >= 11 is 0. The number of aliphatic carboxylic acids is 1. The van der Waals surface area contributed by atoms with Crippen molar-refractivity contribution in [2.24, 2.45) is 0 Å². The van der Waals surface area contributed by atoms with E-state index in [1.807, 2.05) is 6.07 Å². The number of rotatable bonds is 6. The lowest BCUT2D eigenvalue weighted by atomic mass is 10.1. The van der Waals surface area contributed by atoms with Crippen molar-refractivity contribution >= 4 is 16.8 Å². The lowest BCUT2D eigenvalue weighted by molar-refractivity contribution is -0.136. The van der Waals surface area contributed by atoms with Gasteiger partial charge in [0.05, 0.1) is 30.9 Å². The van der Waals surface area contributed by atoms with Gasteiger partial charge in [0, 0.05) is 21.6 Å². The van der Waals surface area contributed by atoms with Crippen LogP contribution in [-0.2, 0) is 21.3 Å². The zero-order chi connectivity index (χ0) is 14.4. The van der Waals surface area contributed by atoms with Crippen LogP contribution in [0, 0.1) is 11.3 Å². The maximum absolute atomic E-state index is 12.0. The van der Waals surface area contributed by atoms with Crippen molar-refractivity contribution in [1.82, 2.24) is 0 Å². The van der Waals surface area contributed by atoms with Crippen LogP contribution in [0.15, 0.2) is 18.2 Å². The number of hydrogen-bond acceptors (Lipinski definition) is 4. The third kappa shape index (κ3) is 4.38. The van der Waals surface area contributed by atoms with Crippen molar-refractivity contribution in [3.8, 4) is 11.8 Å². The summed E-state index contributed by atoms with van der Waals surface area (Å²) in [5, 5.41) is 17.1. The predicted octanol–water partition coefficient (Wildman–Crippen LogP) is 1.68. The van der Waals surface area contributed by atoms with Gasteiger partial charge < -0.3 is 9.84 Å². The van der Waals surface area contributed by atoms with E-state index in [1.54, 1.807) is 25.1 Å². The molecule has 1 aromatic rings. The molecule has 0 amide bonds. The van der Waals surface area contributed by atoms with E-state index < -0.39 is 22.0 Å². The Hall–Kier alpha value is -1.87. The third-order valence-corrected chi connectivity index (χ3v) is 4.28. The molecule has 1 rings (SSSR count). The van der Waals surface area contributed by atoms with E-state index in [0.29, 0.717) is 16.9 Å². The van der Waals surface area contributed by atoms with Gasteiger partial charge in [-0.25, -0.2) is 0 Å². The van der Waals surface area contributed by atoms with Gasteiger partial charge in [0.1, 0.15) is 5.75 Å². The Morgan fingerprint density at radius 3 is 2.79 bits per heavy atom. The van der Waals surface area contributed by atoms with Crippen LogP contribution in [0.3, 0.4) is 0 Å². The van der Waals surface area contributed by atoms with Crippen LogP contribution in [0.2, 0.25) is 0 Å². The van der Waals surface area contributed by atoms with Crippen LogP contribution < -0.4 is 4.74 Å². The monoisotopic (exact) mass is 281 g/mol. The van der Waals surface area contributed by atoms with E-state index in [-0.39, 0.29) is 12.2 Å². The first kappa shape index (κ1) is 15.2. The van der Waals surface area contributed by atoms with Crippen LogP contribution in [0.5, 0.6) is 5.75 Å². The molecular formula is C13H15NO4S. The van der Waals surface area contributed by atoms with Crippen LogP contribution in [0.1, 0.15) is 24.5 Å². The molecule has 0 bridgehead atoms. The molecule has 0 fully saturated rings. The van der Waals surface area contributed by atoms with Gasteiger partial charge in [0.25, 0.3) is 0 Å². The molecule has 0 aromatic heterocycles. The summed E-state index contributed by atoms with van der Waals surface area (Å²) in [5.74, 6) is -0.249. The highest BCUT2D eigenvalue weighted by Crippen LogP contribution is 2.22. The Morgan fingerprint density at radius 2 is 2.26 bits per heavy atom. The van der Waals surface area contributed by atoms with Gasteiger partial charge in [0.2, 0.25) is 0 Å². The summed E-state index contributed by atoms with van der Waals surface area (Å²) in [7, 11) is 0.166. The molecule has 19 heavy (non-hydrogen) atoms. The number of hydrogen-bond donors (Lipinski definition) is 1. The Bertz CT molecular complexity index is 536. The maximum atomic E-state index is 12.0. The first-order valence-corrected chi connectivity index (χ1v) is 7.02. The molecule has 0 saturated carbocycles. The zero-order valence-electron chi connectivity index (χ0n) is 10.8. The summed E-state index contributed by atoms with van der Waals surface area (Å²) in [5.41, 5.74) is 1.11. The molecule has 5 nitrogen and oxygen atoms in total. The first-order valence-electron chi connectivity index (χ1n) is 5.64. The molecule has 0 radical (unpaired) electrons. The molecule has 6 heteroatoms. The number of carboxylic acid groups (broad SMARTS) is 1. The van der Waals surface area contributed by atoms with Crippen LogP contribution >= 0.6 is 0 Å². The first-order chi connectivity index (χ1) is 8.97. The van der Waals surface area contributed by atoms with Crippen molar-refractivity contribution < 1.29 is 18.8 Å². The Kier molecular flexibility index (Phi) is 5.52. The Labute approximate surface area is 114 Å². The molecule has 0 spiro atoms. The average molecular weight is 281 g/mol. The van der Waals surface area contributed by atoms with E-state index in [2.05, 4.69) is 0 Å². The van der Waals surface area contributed by atoms with E-state index in [9.17, 15) is 9.00 Å². The van der Waals surface area contributed by atoms with Crippen LogP contribution in [0.25, 0.3) is 0 Å². The summed E-state index contributed by atoms with van der Waals surface area (Å²) < 4.78 is 17.2. The fourth-order valence-electron chi connectivity index (χ4n) is 1.60. The van der Waals surface area contributed by atoms with Crippen LogP contribution in [-0.4, -0.2) is 27.6 Å². The average Bonchev–Trinajstić information content (AvgIpc) is 2.37. The van der Waals surface area contributed by atoms with Crippen molar-refractivity contribution in [3.63, 3.8) is 0 Å². The largest absolute Gasteiger partial charge is 0.496 e. The molecule has 2 atom stereocenters. The number of ether oxygens (including phenoxy) is 1. The highest BCUT2D eigenvalue weighted by molar-refractivity contribution is 7.84. The smallest absolute Gasteiger partial charge is 0.304 e. The molecule has 1 N–H and O–H groups in total. The quantitative estimate of drug-likeness (QED) is 0.857. The number of nitrogens with zero attached hydrogens (tertiary/aromatic N) is 1. The van der Waals surface area contributed by atoms with E-state index >= 15 is 0 Å². The van der Waals surface area contributed by atoms with Crippen molar-refractivity contribution in [3.05, 3.63) is 29.3 Å². The van der Waals surface area contributed by atoms with Gasteiger partial charge in [-0.2, -0.15) is 5.26 Å². The second-order valence-electron chi connectivity index (χ2n) is 4.07. The van der Waals surface area contributed by atoms with Gasteiger partial charge in [-0.3, -0.25) is 9.00 Å². The molecule has 0 aliphatic carbocycles.